The van der Waals surface area contributed by atoms with Crippen molar-refractivity contribution in [3.8, 4) is 0 Å². The summed E-state index contributed by atoms with van der Waals surface area (Å²) >= 11 is 0. The number of hydrogen-bond donors (Lipinski definition) is 1. The van der Waals surface area contributed by atoms with Crippen molar-refractivity contribution in [2.45, 2.75) is 26.3 Å². The van der Waals surface area contributed by atoms with Crippen molar-refractivity contribution in [3.63, 3.8) is 0 Å². The van der Waals surface area contributed by atoms with Crippen LogP contribution in [0.15, 0.2) is 18.2 Å². The zero-order chi connectivity index (χ0) is 9.14. The van der Waals surface area contributed by atoms with Crippen molar-refractivity contribution in [2.24, 2.45) is 5.73 Å². The van der Waals surface area contributed by atoms with Crippen LogP contribution < -0.4 is 5.73 Å². The predicted molar refractivity (Wildman–Crippen MR) is 48.5 cm³/mol. The zero-order valence-electron chi connectivity index (χ0n) is 7.47. The van der Waals surface area contributed by atoms with Gasteiger partial charge in [-0.3, -0.25) is 0 Å². The molecule has 0 unspecified atom stereocenters. The van der Waals surface area contributed by atoms with Gasteiger partial charge >= 0.3 is 0 Å². The highest BCUT2D eigenvalue weighted by Gasteiger charge is 2.02. The molecule has 0 aliphatic heterocycles. The fraction of sp³-hybridized carbons (Fsp3) is 0.400. The minimum absolute atomic E-state index is 0.0884. The quantitative estimate of drug-likeness (QED) is 0.716. The first-order valence-corrected chi connectivity index (χ1v) is 4.10. The number of nitrogens with two attached hydrogens (primary N) is 1. The maximum absolute atomic E-state index is 12.8. The fourth-order valence-corrected chi connectivity index (χ4v) is 1.21. The van der Waals surface area contributed by atoms with Crippen LogP contribution in [0.3, 0.4) is 0 Å². The number of rotatable bonds is 2. The fourth-order valence-electron chi connectivity index (χ4n) is 1.21. The highest BCUT2D eigenvalue weighted by atomic mass is 19.1. The summed E-state index contributed by atoms with van der Waals surface area (Å²) in [5.41, 5.74) is 7.73. The number of benzene rings is 1. The Morgan fingerprint density at radius 2 is 2.17 bits per heavy atom. The summed E-state index contributed by atoms with van der Waals surface area (Å²) in [4.78, 5) is 0. The van der Waals surface area contributed by atoms with Crippen LogP contribution in [0, 0.1) is 12.7 Å². The van der Waals surface area contributed by atoms with Crippen molar-refractivity contribution in [1.29, 1.82) is 0 Å². The van der Waals surface area contributed by atoms with Crippen LogP contribution in [0.1, 0.15) is 18.1 Å². The second-order valence-electron chi connectivity index (χ2n) is 3.25. The van der Waals surface area contributed by atoms with Crippen molar-refractivity contribution in [3.05, 3.63) is 35.1 Å². The Morgan fingerprint density at radius 3 is 2.75 bits per heavy atom. The van der Waals surface area contributed by atoms with Gasteiger partial charge in [0.25, 0.3) is 0 Å². The van der Waals surface area contributed by atoms with E-state index in [2.05, 4.69) is 0 Å². The van der Waals surface area contributed by atoms with Crippen LogP contribution in [0.4, 0.5) is 4.39 Å². The maximum Gasteiger partial charge on any atom is 0.123 e. The summed E-state index contributed by atoms with van der Waals surface area (Å²) in [6.45, 7) is 3.89. The van der Waals surface area contributed by atoms with Crippen molar-refractivity contribution >= 4 is 0 Å². The SMILES string of the molecule is Cc1ccc(F)cc1C[C@H](C)N. The first-order valence-electron chi connectivity index (χ1n) is 4.10. The molecule has 0 bridgehead atoms. The van der Waals surface area contributed by atoms with E-state index in [-0.39, 0.29) is 11.9 Å². The molecule has 0 aliphatic rings. The summed E-state index contributed by atoms with van der Waals surface area (Å²) in [7, 11) is 0. The van der Waals surface area contributed by atoms with Gasteiger partial charge in [0, 0.05) is 6.04 Å². The Labute approximate surface area is 72.4 Å². The Balaban J connectivity index is 2.90. The standard InChI is InChI=1S/C10H14FN/c1-7-3-4-10(11)6-9(7)5-8(2)12/h3-4,6,8H,5,12H2,1-2H3/t8-/m0/s1. The van der Waals surface area contributed by atoms with E-state index in [1.54, 1.807) is 12.1 Å². The van der Waals surface area contributed by atoms with Gasteiger partial charge in [-0.25, -0.2) is 4.39 Å². The van der Waals surface area contributed by atoms with Gasteiger partial charge < -0.3 is 5.73 Å². The highest BCUT2D eigenvalue weighted by molar-refractivity contribution is 5.27. The predicted octanol–water partition coefficient (Wildman–Crippen LogP) is 2.02. The summed E-state index contributed by atoms with van der Waals surface area (Å²) in [6.07, 6.45) is 0.740. The molecular weight excluding hydrogens is 153 g/mol. The molecule has 1 aromatic carbocycles. The molecule has 0 heterocycles. The van der Waals surface area contributed by atoms with E-state index in [0.717, 1.165) is 17.5 Å². The van der Waals surface area contributed by atoms with Crippen LogP contribution in [0.25, 0.3) is 0 Å². The lowest BCUT2D eigenvalue weighted by Crippen LogP contribution is -2.18. The normalized spacial score (nSPS) is 13.0. The Morgan fingerprint density at radius 1 is 1.50 bits per heavy atom. The molecule has 0 aromatic heterocycles. The molecule has 0 fully saturated rings. The molecule has 2 N–H and O–H groups in total. The van der Waals surface area contributed by atoms with Crippen LogP contribution in [-0.4, -0.2) is 6.04 Å². The monoisotopic (exact) mass is 167 g/mol. The lowest BCUT2D eigenvalue weighted by molar-refractivity contribution is 0.622. The molecule has 1 aromatic rings. The average Bonchev–Trinajstić information content (AvgIpc) is 1.96. The number of aryl methyl sites for hydroxylation is 1. The zero-order valence-corrected chi connectivity index (χ0v) is 7.47. The minimum atomic E-state index is -0.184. The van der Waals surface area contributed by atoms with Crippen molar-refractivity contribution in [1.82, 2.24) is 0 Å². The molecule has 1 rings (SSSR count). The lowest BCUT2D eigenvalue weighted by Gasteiger charge is -2.08. The maximum atomic E-state index is 12.8. The Bertz CT molecular complexity index is 269. The lowest BCUT2D eigenvalue weighted by atomic mass is 10.0. The van der Waals surface area contributed by atoms with Crippen molar-refractivity contribution in [2.75, 3.05) is 0 Å². The molecular formula is C10H14FN. The minimum Gasteiger partial charge on any atom is -0.328 e. The largest absolute Gasteiger partial charge is 0.328 e. The van der Waals surface area contributed by atoms with Gasteiger partial charge in [0.15, 0.2) is 0 Å². The Kier molecular flexibility index (Phi) is 2.82. The van der Waals surface area contributed by atoms with Gasteiger partial charge in [-0.2, -0.15) is 0 Å². The smallest absolute Gasteiger partial charge is 0.123 e. The molecule has 12 heavy (non-hydrogen) atoms. The third-order valence-corrected chi connectivity index (χ3v) is 1.85. The molecule has 0 spiro atoms. The molecule has 66 valence electrons. The van der Waals surface area contributed by atoms with Gasteiger partial charge in [0.1, 0.15) is 5.82 Å². The summed E-state index contributed by atoms with van der Waals surface area (Å²) in [5, 5.41) is 0. The van der Waals surface area contributed by atoms with E-state index in [4.69, 9.17) is 5.73 Å². The molecule has 0 amide bonds. The third kappa shape index (κ3) is 2.31. The van der Waals surface area contributed by atoms with Gasteiger partial charge in [-0.15, -0.1) is 0 Å². The number of hydrogen-bond acceptors (Lipinski definition) is 1. The second-order valence-corrected chi connectivity index (χ2v) is 3.25. The topological polar surface area (TPSA) is 26.0 Å². The molecule has 1 atom stereocenters. The summed E-state index contributed by atoms with van der Waals surface area (Å²) in [6, 6.07) is 4.90. The van der Waals surface area contributed by atoms with E-state index in [1.807, 2.05) is 13.8 Å². The van der Waals surface area contributed by atoms with Crippen LogP contribution in [0.2, 0.25) is 0 Å². The van der Waals surface area contributed by atoms with Crippen LogP contribution in [-0.2, 0) is 6.42 Å². The van der Waals surface area contributed by atoms with Gasteiger partial charge in [0.2, 0.25) is 0 Å². The van der Waals surface area contributed by atoms with Crippen LogP contribution >= 0.6 is 0 Å². The van der Waals surface area contributed by atoms with Gasteiger partial charge in [-0.05, 0) is 43.5 Å². The molecule has 1 nitrogen and oxygen atoms in total. The molecule has 0 saturated carbocycles. The molecule has 0 saturated heterocycles. The third-order valence-electron chi connectivity index (χ3n) is 1.85. The van der Waals surface area contributed by atoms with E-state index in [1.165, 1.54) is 6.07 Å². The molecule has 0 aliphatic carbocycles. The highest BCUT2D eigenvalue weighted by Crippen LogP contribution is 2.11. The van der Waals surface area contributed by atoms with Gasteiger partial charge in [0.05, 0.1) is 0 Å². The van der Waals surface area contributed by atoms with E-state index >= 15 is 0 Å². The second kappa shape index (κ2) is 3.68. The molecule has 2 heteroatoms. The van der Waals surface area contributed by atoms with E-state index < -0.39 is 0 Å². The number of halogens is 1. The Hall–Kier alpha value is -0.890. The van der Waals surface area contributed by atoms with Crippen molar-refractivity contribution < 1.29 is 4.39 Å². The average molecular weight is 167 g/mol. The first kappa shape index (κ1) is 9.20. The summed E-state index contributed by atoms with van der Waals surface area (Å²) < 4.78 is 12.8. The van der Waals surface area contributed by atoms with Gasteiger partial charge in [-0.1, -0.05) is 6.07 Å². The van der Waals surface area contributed by atoms with Crippen LogP contribution in [0.5, 0.6) is 0 Å². The van der Waals surface area contributed by atoms with E-state index in [0.29, 0.717) is 0 Å². The first-order chi connectivity index (χ1) is 5.59. The summed E-state index contributed by atoms with van der Waals surface area (Å²) in [5.74, 6) is -0.184. The van der Waals surface area contributed by atoms with E-state index in [9.17, 15) is 4.39 Å². The molecule has 0 radical (unpaired) electrons.